The number of hydrogen-bond acceptors (Lipinski definition) is 4. The van der Waals surface area contributed by atoms with Crippen LogP contribution >= 0.6 is 0 Å². The van der Waals surface area contributed by atoms with Gasteiger partial charge in [-0.1, -0.05) is 69.4 Å². The van der Waals surface area contributed by atoms with Crippen LogP contribution in [0.2, 0.25) is 0 Å². The van der Waals surface area contributed by atoms with Crippen LogP contribution in [0.3, 0.4) is 0 Å². The first-order chi connectivity index (χ1) is 17.2. The van der Waals surface area contributed by atoms with Crippen molar-refractivity contribution in [2.75, 3.05) is 6.61 Å². The Hall–Kier alpha value is -3.80. The molecule has 0 saturated carbocycles. The van der Waals surface area contributed by atoms with E-state index in [1.807, 2.05) is 30.3 Å². The van der Waals surface area contributed by atoms with Gasteiger partial charge in [0, 0.05) is 11.1 Å². The molecule has 0 fully saturated rings. The Kier molecular flexibility index (Phi) is 10.7. The Morgan fingerprint density at radius 1 is 0.629 bits per heavy atom. The van der Waals surface area contributed by atoms with E-state index in [-0.39, 0.29) is 0 Å². The predicted molar refractivity (Wildman–Crippen MR) is 137 cm³/mol. The Balaban J connectivity index is 1.37. The summed E-state index contributed by atoms with van der Waals surface area (Å²) in [6, 6.07) is 23.5. The molecule has 6 heteroatoms. The lowest BCUT2D eigenvalue weighted by molar-refractivity contribution is 0.0846. The van der Waals surface area contributed by atoms with Gasteiger partial charge in [0.25, 0.3) is 11.8 Å². The normalized spacial score (nSPS) is 10.4. The van der Waals surface area contributed by atoms with Crippen LogP contribution < -0.4 is 20.3 Å². The summed E-state index contributed by atoms with van der Waals surface area (Å²) in [5.74, 6) is 0.581. The standard InChI is InChI=1S/C29H34N2O4/c1-2-3-4-5-6-10-21-34-26-17-13-24(14-18-26)28(32)30-31-29(33)25-15-19-27(20-16-25)35-22-23-11-8-7-9-12-23/h7-9,11-20H,2-6,10,21-22H2,1H3,(H,30,32)(H,31,33). The van der Waals surface area contributed by atoms with Crippen molar-refractivity contribution in [3.05, 3.63) is 95.6 Å². The first kappa shape index (κ1) is 25.8. The third kappa shape index (κ3) is 9.16. The molecule has 3 rings (SSSR count). The van der Waals surface area contributed by atoms with E-state index in [4.69, 9.17) is 9.47 Å². The minimum absolute atomic E-state index is 0.399. The molecule has 0 saturated heterocycles. The van der Waals surface area contributed by atoms with Crippen molar-refractivity contribution < 1.29 is 19.1 Å². The zero-order valence-electron chi connectivity index (χ0n) is 20.3. The number of ether oxygens (including phenoxy) is 2. The number of hydrogen-bond donors (Lipinski definition) is 2. The van der Waals surface area contributed by atoms with Crippen LogP contribution in [0.4, 0.5) is 0 Å². The van der Waals surface area contributed by atoms with Gasteiger partial charge in [-0.2, -0.15) is 0 Å². The van der Waals surface area contributed by atoms with Crippen LogP contribution in [-0.2, 0) is 6.61 Å². The van der Waals surface area contributed by atoms with Crippen LogP contribution in [0.15, 0.2) is 78.9 Å². The van der Waals surface area contributed by atoms with Gasteiger partial charge in [0.1, 0.15) is 18.1 Å². The van der Waals surface area contributed by atoms with Crippen molar-refractivity contribution in [3.8, 4) is 11.5 Å². The highest BCUT2D eigenvalue weighted by molar-refractivity contribution is 5.99. The van der Waals surface area contributed by atoms with Gasteiger partial charge in [0.05, 0.1) is 6.61 Å². The second-order valence-corrected chi connectivity index (χ2v) is 8.35. The molecule has 6 nitrogen and oxygen atoms in total. The van der Waals surface area contributed by atoms with Crippen LogP contribution in [0, 0.1) is 0 Å². The quantitative estimate of drug-likeness (QED) is 0.232. The molecule has 0 aliphatic rings. The van der Waals surface area contributed by atoms with E-state index in [1.165, 1.54) is 32.1 Å². The molecule has 0 aliphatic heterocycles. The molecule has 0 aliphatic carbocycles. The molecule has 0 bridgehead atoms. The molecule has 184 valence electrons. The molecule has 3 aromatic carbocycles. The van der Waals surface area contributed by atoms with E-state index in [9.17, 15) is 9.59 Å². The van der Waals surface area contributed by atoms with Gasteiger partial charge in [-0.3, -0.25) is 20.4 Å². The molecule has 2 N–H and O–H groups in total. The zero-order valence-corrected chi connectivity index (χ0v) is 20.3. The molecule has 0 heterocycles. The number of unbranched alkanes of at least 4 members (excludes halogenated alkanes) is 5. The number of carbonyl (C=O) groups excluding carboxylic acids is 2. The van der Waals surface area contributed by atoms with Gasteiger partial charge in [0.2, 0.25) is 0 Å². The number of amides is 2. The minimum atomic E-state index is -0.410. The van der Waals surface area contributed by atoms with E-state index in [2.05, 4.69) is 17.8 Å². The van der Waals surface area contributed by atoms with Gasteiger partial charge in [-0.05, 0) is 60.5 Å². The third-order valence-corrected chi connectivity index (χ3v) is 5.54. The maximum absolute atomic E-state index is 12.4. The topological polar surface area (TPSA) is 76.7 Å². The van der Waals surface area contributed by atoms with Crippen molar-refractivity contribution in [2.24, 2.45) is 0 Å². The molecule has 0 unspecified atom stereocenters. The van der Waals surface area contributed by atoms with Gasteiger partial charge in [-0.25, -0.2) is 0 Å². The average Bonchev–Trinajstić information content (AvgIpc) is 2.91. The lowest BCUT2D eigenvalue weighted by Crippen LogP contribution is -2.41. The summed E-state index contributed by atoms with van der Waals surface area (Å²) in [6.45, 7) is 3.33. The molecule has 0 aromatic heterocycles. The Labute approximate surface area is 207 Å². The number of hydrazine groups is 1. The summed E-state index contributed by atoms with van der Waals surface area (Å²) in [4.78, 5) is 24.7. The second kappa shape index (κ2) is 14.5. The summed E-state index contributed by atoms with van der Waals surface area (Å²) in [5, 5.41) is 0. The first-order valence-corrected chi connectivity index (χ1v) is 12.3. The molecule has 35 heavy (non-hydrogen) atoms. The fourth-order valence-corrected chi connectivity index (χ4v) is 3.48. The van der Waals surface area contributed by atoms with E-state index in [1.54, 1.807) is 48.5 Å². The molecule has 3 aromatic rings. The average molecular weight is 475 g/mol. The van der Waals surface area contributed by atoms with Crippen LogP contribution in [0.25, 0.3) is 0 Å². The summed E-state index contributed by atoms with van der Waals surface area (Å²) in [7, 11) is 0. The first-order valence-electron chi connectivity index (χ1n) is 12.3. The van der Waals surface area contributed by atoms with Crippen LogP contribution in [0.1, 0.15) is 71.7 Å². The van der Waals surface area contributed by atoms with E-state index in [0.717, 1.165) is 17.7 Å². The third-order valence-electron chi connectivity index (χ3n) is 5.54. The van der Waals surface area contributed by atoms with Crippen molar-refractivity contribution in [2.45, 2.75) is 52.1 Å². The minimum Gasteiger partial charge on any atom is -0.494 e. The van der Waals surface area contributed by atoms with E-state index in [0.29, 0.717) is 30.1 Å². The summed E-state index contributed by atoms with van der Waals surface area (Å²) in [6.07, 6.45) is 7.26. The maximum atomic E-state index is 12.4. The highest BCUT2D eigenvalue weighted by Crippen LogP contribution is 2.15. The number of benzene rings is 3. The Morgan fingerprint density at radius 3 is 1.71 bits per heavy atom. The van der Waals surface area contributed by atoms with Gasteiger partial charge >= 0.3 is 0 Å². The number of nitrogens with one attached hydrogen (secondary N) is 2. The monoisotopic (exact) mass is 474 g/mol. The highest BCUT2D eigenvalue weighted by atomic mass is 16.5. The zero-order chi connectivity index (χ0) is 24.7. The van der Waals surface area contributed by atoms with Crippen LogP contribution in [-0.4, -0.2) is 18.4 Å². The van der Waals surface area contributed by atoms with E-state index < -0.39 is 11.8 Å². The number of carbonyl (C=O) groups is 2. The smallest absolute Gasteiger partial charge is 0.269 e. The molecule has 0 atom stereocenters. The molecule has 0 spiro atoms. The summed E-state index contributed by atoms with van der Waals surface area (Å²) in [5.41, 5.74) is 6.79. The Bertz CT molecular complexity index is 1030. The lowest BCUT2D eigenvalue weighted by atomic mass is 10.1. The van der Waals surface area contributed by atoms with Crippen molar-refractivity contribution in [1.82, 2.24) is 10.9 Å². The lowest BCUT2D eigenvalue weighted by Gasteiger charge is -2.10. The fourth-order valence-electron chi connectivity index (χ4n) is 3.48. The van der Waals surface area contributed by atoms with Crippen molar-refractivity contribution >= 4 is 11.8 Å². The van der Waals surface area contributed by atoms with Gasteiger partial charge in [-0.15, -0.1) is 0 Å². The SMILES string of the molecule is CCCCCCCCOc1ccc(C(=O)NNC(=O)c2ccc(OCc3ccccc3)cc2)cc1. The maximum Gasteiger partial charge on any atom is 0.269 e. The summed E-state index contributed by atoms with van der Waals surface area (Å²) < 4.78 is 11.5. The Morgan fingerprint density at radius 2 is 1.14 bits per heavy atom. The molecular weight excluding hydrogens is 440 g/mol. The summed E-state index contributed by atoms with van der Waals surface area (Å²) >= 11 is 0. The number of rotatable bonds is 13. The molecular formula is C29H34N2O4. The molecule has 0 radical (unpaired) electrons. The second-order valence-electron chi connectivity index (χ2n) is 8.35. The molecule has 2 amide bonds. The van der Waals surface area contributed by atoms with Gasteiger partial charge < -0.3 is 9.47 Å². The highest BCUT2D eigenvalue weighted by Gasteiger charge is 2.10. The fraction of sp³-hybridized carbons (Fsp3) is 0.310. The van der Waals surface area contributed by atoms with Gasteiger partial charge in [0.15, 0.2) is 0 Å². The predicted octanol–water partition coefficient (Wildman–Crippen LogP) is 6.08. The van der Waals surface area contributed by atoms with E-state index >= 15 is 0 Å². The van der Waals surface area contributed by atoms with Crippen LogP contribution in [0.5, 0.6) is 11.5 Å². The largest absolute Gasteiger partial charge is 0.494 e. The van der Waals surface area contributed by atoms with Crippen molar-refractivity contribution in [3.63, 3.8) is 0 Å². The van der Waals surface area contributed by atoms with Crippen molar-refractivity contribution in [1.29, 1.82) is 0 Å².